The van der Waals surface area contributed by atoms with E-state index in [1.807, 2.05) is 0 Å². The average molecular weight is 413 g/mol. The minimum Gasteiger partial charge on any atom is -0.355 e. The molecule has 1 aliphatic heterocycles. The van der Waals surface area contributed by atoms with Gasteiger partial charge in [0.05, 0.1) is 11.4 Å². The highest BCUT2D eigenvalue weighted by atomic mass is 32.2. The normalized spacial score (nSPS) is 15.4. The molecule has 0 atom stereocenters. The molecule has 0 saturated carbocycles. The molecule has 0 aromatic heterocycles. The molecular formula is C21H23N3O4S. The number of nitrogens with zero attached hydrogens (tertiary/aromatic N) is 1. The molecule has 29 heavy (non-hydrogen) atoms. The summed E-state index contributed by atoms with van der Waals surface area (Å²) in [5, 5.41) is 5.35. The molecular weight excluding hydrogens is 390 g/mol. The van der Waals surface area contributed by atoms with Crippen molar-refractivity contribution in [3.8, 4) is 0 Å². The van der Waals surface area contributed by atoms with Crippen LogP contribution in [0, 0.1) is 6.92 Å². The van der Waals surface area contributed by atoms with Gasteiger partial charge in [-0.15, -0.1) is 0 Å². The topological polar surface area (TPSA) is 95.6 Å². The first kappa shape index (κ1) is 20.6. The van der Waals surface area contributed by atoms with Gasteiger partial charge in [-0.1, -0.05) is 18.2 Å². The van der Waals surface area contributed by atoms with Gasteiger partial charge in [-0.25, -0.2) is 8.42 Å². The Morgan fingerprint density at radius 3 is 2.45 bits per heavy atom. The van der Waals surface area contributed by atoms with Crippen molar-refractivity contribution in [2.75, 3.05) is 29.0 Å². The summed E-state index contributed by atoms with van der Waals surface area (Å²) in [5.41, 5.74) is 3.16. The third-order valence-corrected chi connectivity index (χ3v) is 6.64. The lowest BCUT2D eigenvalue weighted by Crippen LogP contribution is -2.24. The Bertz CT molecular complexity index is 1060. The second-order valence-corrected chi connectivity index (χ2v) is 8.73. The number of anilines is 2. The Labute approximate surface area is 170 Å². The molecule has 2 aromatic carbocycles. The van der Waals surface area contributed by atoms with E-state index in [0.29, 0.717) is 35.5 Å². The Kier molecular flexibility index (Phi) is 6.03. The molecule has 152 valence electrons. The maximum Gasteiger partial charge on any atom is 0.251 e. The standard InChI is InChI=1S/C21H23N3O4S/c1-15-18(21(26)22-2)5-3-6-19(15)23-20(25)12-9-16-7-10-17(11-8-16)24-13-4-14-29(24,27)28/h3,5-12H,4,13-14H2,1-2H3,(H,22,26)(H,23,25)/b12-9+. The molecule has 8 heteroatoms. The summed E-state index contributed by atoms with van der Waals surface area (Å²) in [5.74, 6) is -0.363. The van der Waals surface area contributed by atoms with Crippen molar-refractivity contribution in [3.05, 3.63) is 65.2 Å². The van der Waals surface area contributed by atoms with Crippen LogP contribution in [0.5, 0.6) is 0 Å². The zero-order valence-corrected chi connectivity index (χ0v) is 17.1. The van der Waals surface area contributed by atoms with Gasteiger partial charge in [0, 0.05) is 30.9 Å². The van der Waals surface area contributed by atoms with E-state index in [0.717, 1.165) is 5.56 Å². The van der Waals surface area contributed by atoms with Gasteiger partial charge >= 0.3 is 0 Å². The average Bonchev–Trinajstić information content (AvgIpc) is 3.07. The molecule has 0 radical (unpaired) electrons. The SMILES string of the molecule is CNC(=O)c1cccc(NC(=O)/C=C/c2ccc(N3CCCS3(=O)=O)cc2)c1C. The molecule has 1 fully saturated rings. The molecule has 1 heterocycles. The lowest BCUT2D eigenvalue weighted by atomic mass is 10.1. The van der Waals surface area contributed by atoms with E-state index in [2.05, 4.69) is 10.6 Å². The number of benzene rings is 2. The second kappa shape index (κ2) is 8.48. The third kappa shape index (κ3) is 4.65. The van der Waals surface area contributed by atoms with Gasteiger partial charge < -0.3 is 10.6 Å². The largest absolute Gasteiger partial charge is 0.355 e. The number of carbonyl (C=O) groups excluding carboxylic acids is 2. The highest BCUT2D eigenvalue weighted by Gasteiger charge is 2.28. The van der Waals surface area contributed by atoms with Gasteiger partial charge in [0.15, 0.2) is 0 Å². The van der Waals surface area contributed by atoms with Crippen LogP contribution >= 0.6 is 0 Å². The number of hydrogen-bond donors (Lipinski definition) is 2. The lowest BCUT2D eigenvalue weighted by molar-refractivity contribution is -0.111. The molecule has 0 bridgehead atoms. The van der Waals surface area contributed by atoms with Crippen LogP contribution in [0.3, 0.4) is 0 Å². The zero-order valence-electron chi connectivity index (χ0n) is 16.3. The Balaban J connectivity index is 1.68. The summed E-state index contributed by atoms with van der Waals surface area (Å²) in [6, 6.07) is 12.1. The summed E-state index contributed by atoms with van der Waals surface area (Å²) < 4.78 is 25.4. The Morgan fingerprint density at radius 2 is 1.83 bits per heavy atom. The molecule has 1 aliphatic rings. The fourth-order valence-electron chi connectivity index (χ4n) is 3.18. The van der Waals surface area contributed by atoms with E-state index < -0.39 is 10.0 Å². The number of amides is 2. The minimum absolute atomic E-state index is 0.176. The highest BCUT2D eigenvalue weighted by molar-refractivity contribution is 7.93. The van der Waals surface area contributed by atoms with E-state index in [9.17, 15) is 18.0 Å². The Hall–Kier alpha value is -3.13. The van der Waals surface area contributed by atoms with Crippen LogP contribution in [-0.4, -0.2) is 39.6 Å². The fourth-order valence-corrected chi connectivity index (χ4v) is 4.74. The second-order valence-electron chi connectivity index (χ2n) is 6.71. The van der Waals surface area contributed by atoms with Gasteiger partial charge in [-0.05, 0) is 54.8 Å². The van der Waals surface area contributed by atoms with Crippen LogP contribution in [0.1, 0.15) is 27.9 Å². The van der Waals surface area contributed by atoms with Crippen LogP contribution in [-0.2, 0) is 14.8 Å². The molecule has 2 amide bonds. The first-order valence-corrected chi connectivity index (χ1v) is 10.8. The number of rotatable bonds is 5. The van der Waals surface area contributed by atoms with Crippen molar-refractivity contribution >= 4 is 39.3 Å². The van der Waals surface area contributed by atoms with Crippen molar-refractivity contribution < 1.29 is 18.0 Å². The maximum absolute atomic E-state index is 12.3. The van der Waals surface area contributed by atoms with Crippen LogP contribution in [0.2, 0.25) is 0 Å². The van der Waals surface area contributed by atoms with Crippen LogP contribution < -0.4 is 14.9 Å². The summed E-state index contributed by atoms with van der Waals surface area (Å²) >= 11 is 0. The molecule has 0 aliphatic carbocycles. The van der Waals surface area contributed by atoms with Crippen molar-refractivity contribution in [1.82, 2.24) is 5.32 Å². The number of nitrogens with one attached hydrogen (secondary N) is 2. The quantitative estimate of drug-likeness (QED) is 0.737. The van der Waals surface area contributed by atoms with Crippen molar-refractivity contribution in [3.63, 3.8) is 0 Å². The number of carbonyl (C=O) groups is 2. The zero-order chi connectivity index (χ0) is 21.0. The van der Waals surface area contributed by atoms with E-state index in [4.69, 9.17) is 0 Å². The van der Waals surface area contributed by atoms with Crippen LogP contribution in [0.4, 0.5) is 11.4 Å². The molecule has 2 N–H and O–H groups in total. The minimum atomic E-state index is -3.21. The Morgan fingerprint density at radius 1 is 1.10 bits per heavy atom. The van der Waals surface area contributed by atoms with Gasteiger partial charge in [0.25, 0.3) is 5.91 Å². The predicted molar refractivity (Wildman–Crippen MR) is 114 cm³/mol. The van der Waals surface area contributed by atoms with Crippen molar-refractivity contribution in [2.45, 2.75) is 13.3 Å². The predicted octanol–water partition coefficient (Wildman–Crippen LogP) is 2.55. The summed E-state index contributed by atoms with van der Waals surface area (Å²) in [6.45, 7) is 2.27. The number of hydrogen-bond acceptors (Lipinski definition) is 4. The third-order valence-electron chi connectivity index (χ3n) is 4.77. The monoisotopic (exact) mass is 413 g/mol. The first-order valence-electron chi connectivity index (χ1n) is 9.23. The molecule has 7 nitrogen and oxygen atoms in total. The summed E-state index contributed by atoms with van der Waals surface area (Å²) in [4.78, 5) is 24.1. The number of sulfonamides is 1. The molecule has 1 saturated heterocycles. The molecule has 0 unspecified atom stereocenters. The van der Waals surface area contributed by atoms with Crippen LogP contribution in [0.25, 0.3) is 6.08 Å². The van der Waals surface area contributed by atoms with Gasteiger partial charge in [0.1, 0.15) is 0 Å². The lowest BCUT2D eigenvalue weighted by Gasteiger charge is -2.16. The van der Waals surface area contributed by atoms with Gasteiger partial charge in [0.2, 0.25) is 15.9 Å². The molecule has 0 spiro atoms. The van der Waals surface area contributed by atoms with Crippen molar-refractivity contribution in [1.29, 1.82) is 0 Å². The first-order chi connectivity index (χ1) is 13.8. The fraction of sp³-hybridized carbons (Fsp3) is 0.238. The van der Waals surface area contributed by atoms with Crippen molar-refractivity contribution in [2.24, 2.45) is 0 Å². The van der Waals surface area contributed by atoms with E-state index in [-0.39, 0.29) is 17.6 Å². The smallest absolute Gasteiger partial charge is 0.251 e. The van der Waals surface area contributed by atoms with Gasteiger partial charge in [-0.3, -0.25) is 13.9 Å². The van der Waals surface area contributed by atoms with E-state index >= 15 is 0 Å². The van der Waals surface area contributed by atoms with E-state index in [1.165, 1.54) is 10.4 Å². The van der Waals surface area contributed by atoms with Crippen LogP contribution in [0.15, 0.2) is 48.5 Å². The molecule has 3 rings (SSSR count). The highest BCUT2D eigenvalue weighted by Crippen LogP contribution is 2.24. The summed E-state index contributed by atoms with van der Waals surface area (Å²) in [7, 11) is -1.65. The summed E-state index contributed by atoms with van der Waals surface area (Å²) in [6.07, 6.45) is 3.67. The maximum atomic E-state index is 12.3. The van der Waals surface area contributed by atoms with E-state index in [1.54, 1.807) is 62.5 Å². The molecule has 2 aromatic rings. The van der Waals surface area contributed by atoms with Gasteiger partial charge in [-0.2, -0.15) is 0 Å².